The lowest BCUT2D eigenvalue weighted by Crippen LogP contribution is -2.21. The van der Waals surface area contributed by atoms with Gasteiger partial charge in [0.05, 0.1) is 12.5 Å². The van der Waals surface area contributed by atoms with Crippen LogP contribution in [0.15, 0.2) is 35.7 Å². The lowest BCUT2D eigenvalue weighted by atomic mass is 9.83. The van der Waals surface area contributed by atoms with Gasteiger partial charge in [0, 0.05) is 11.3 Å². The summed E-state index contributed by atoms with van der Waals surface area (Å²) in [6.07, 6.45) is 3.92. The topological polar surface area (TPSA) is 96.9 Å². The fraction of sp³-hybridized carbons (Fsp3) is 0.400. The molecule has 0 spiro atoms. The number of nitrogens with one attached hydrogen (secondary N) is 1. The average Bonchev–Trinajstić information content (AvgIpc) is 3.04. The van der Waals surface area contributed by atoms with Crippen LogP contribution in [0.4, 0.5) is 0 Å². The van der Waals surface area contributed by atoms with Gasteiger partial charge in [-0.25, -0.2) is 0 Å². The molecular formula is C20H24N4O2. The van der Waals surface area contributed by atoms with Crippen LogP contribution in [0.5, 0.6) is 11.6 Å². The van der Waals surface area contributed by atoms with Crippen molar-refractivity contribution in [2.75, 3.05) is 6.61 Å². The van der Waals surface area contributed by atoms with Crippen molar-refractivity contribution in [3.63, 3.8) is 0 Å². The molecule has 0 radical (unpaired) electrons. The van der Waals surface area contributed by atoms with E-state index >= 15 is 0 Å². The van der Waals surface area contributed by atoms with E-state index in [-0.39, 0.29) is 11.8 Å². The number of allylic oxidation sites excluding steroid dienone is 1. The molecule has 3 N–H and O–H groups in total. The van der Waals surface area contributed by atoms with Crippen LogP contribution in [0, 0.1) is 11.3 Å². The second kappa shape index (κ2) is 7.96. The van der Waals surface area contributed by atoms with Crippen LogP contribution >= 0.6 is 0 Å². The van der Waals surface area contributed by atoms with Gasteiger partial charge in [-0.15, -0.1) is 5.10 Å². The van der Waals surface area contributed by atoms with E-state index in [1.54, 1.807) is 0 Å². The Hall–Kier alpha value is -2.94. The molecule has 0 aliphatic carbocycles. The molecule has 0 saturated heterocycles. The van der Waals surface area contributed by atoms with Gasteiger partial charge < -0.3 is 15.2 Å². The number of nitrogens with zero attached hydrogens (tertiary/aromatic N) is 2. The number of benzene rings is 1. The van der Waals surface area contributed by atoms with Gasteiger partial charge in [0.2, 0.25) is 11.8 Å². The minimum absolute atomic E-state index is 0.114. The third-order valence-corrected chi connectivity index (χ3v) is 4.50. The van der Waals surface area contributed by atoms with Crippen molar-refractivity contribution in [1.82, 2.24) is 10.2 Å². The van der Waals surface area contributed by atoms with Crippen molar-refractivity contribution in [3.8, 4) is 17.7 Å². The number of aryl methyl sites for hydroxylation is 1. The van der Waals surface area contributed by atoms with Crippen LogP contribution in [0.25, 0.3) is 0 Å². The van der Waals surface area contributed by atoms with Gasteiger partial charge in [-0.3, -0.25) is 5.10 Å². The number of aromatic nitrogens is 2. The monoisotopic (exact) mass is 352 g/mol. The highest BCUT2D eigenvalue weighted by Crippen LogP contribution is 2.43. The fourth-order valence-electron chi connectivity index (χ4n) is 3.17. The maximum absolute atomic E-state index is 9.65. The molecule has 26 heavy (non-hydrogen) atoms. The first kappa shape index (κ1) is 17.9. The zero-order valence-electron chi connectivity index (χ0n) is 15.2. The van der Waals surface area contributed by atoms with E-state index < -0.39 is 0 Å². The van der Waals surface area contributed by atoms with Gasteiger partial charge in [0.25, 0.3) is 0 Å². The summed E-state index contributed by atoms with van der Waals surface area (Å²) in [5, 5.41) is 16.9. The maximum Gasteiger partial charge on any atom is 0.244 e. The van der Waals surface area contributed by atoms with E-state index in [2.05, 4.69) is 30.1 Å². The first-order valence-electron chi connectivity index (χ1n) is 9.07. The van der Waals surface area contributed by atoms with Crippen LogP contribution in [0.2, 0.25) is 0 Å². The second-order valence-corrected chi connectivity index (χ2v) is 6.37. The quantitative estimate of drug-likeness (QED) is 0.740. The van der Waals surface area contributed by atoms with Gasteiger partial charge in [0.15, 0.2) is 0 Å². The summed E-state index contributed by atoms with van der Waals surface area (Å²) in [6.45, 7) is 4.94. The van der Waals surface area contributed by atoms with Crippen molar-refractivity contribution in [3.05, 3.63) is 52.5 Å². The van der Waals surface area contributed by atoms with Crippen LogP contribution in [-0.4, -0.2) is 16.8 Å². The number of H-pyrrole nitrogens is 1. The molecule has 1 aromatic carbocycles. The minimum Gasteiger partial charge on any atom is -0.494 e. The van der Waals surface area contributed by atoms with Crippen LogP contribution in [0.1, 0.15) is 55.8 Å². The highest BCUT2D eigenvalue weighted by Gasteiger charge is 2.34. The molecule has 1 aliphatic rings. The summed E-state index contributed by atoms with van der Waals surface area (Å²) >= 11 is 0. The normalized spacial score (nSPS) is 16.0. The maximum atomic E-state index is 9.65. The summed E-state index contributed by atoms with van der Waals surface area (Å²) < 4.78 is 11.3. The van der Waals surface area contributed by atoms with E-state index in [0.29, 0.717) is 18.1 Å². The number of nitriles is 1. The van der Waals surface area contributed by atoms with Crippen LogP contribution < -0.4 is 15.2 Å². The number of hydrogen-bond acceptors (Lipinski definition) is 5. The summed E-state index contributed by atoms with van der Waals surface area (Å²) in [7, 11) is 0. The standard InChI is InChI=1S/C20H24N4O2/c1-3-5-11-25-14-9-7-13(8-10-14)17-15(12-21)19(22)26-20-18(17)16(6-4-2)23-24-20/h7-10,17H,3-6,11,22H2,1-2H3,(H,23,24)/t17-/m0/s1. The third kappa shape index (κ3) is 3.38. The lowest BCUT2D eigenvalue weighted by Gasteiger charge is -2.24. The molecule has 1 atom stereocenters. The Morgan fingerprint density at radius 2 is 2.04 bits per heavy atom. The molecule has 1 aliphatic heterocycles. The van der Waals surface area contributed by atoms with E-state index in [1.165, 1.54) is 0 Å². The SMILES string of the molecule is CCCCOc1ccc([C@H]2C(C#N)=C(N)Oc3n[nH]c(CCC)c32)cc1. The van der Waals surface area contributed by atoms with Crippen molar-refractivity contribution >= 4 is 0 Å². The number of aromatic amines is 1. The molecule has 0 unspecified atom stereocenters. The molecule has 1 aromatic heterocycles. The van der Waals surface area contributed by atoms with E-state index in [4.69, 9.17) is 15.2 Å². The first-order chi connectivity index (χ1) is 12.7. The molecule has 6 nitrogen and oxygen atoms in total. The summed E-state index contributed by atoms with van der Waals surface area (Å²) in [5.74, 6) is 1.11. The molecule has 0 bridgehead atoms. The smallest absolute Gasteiger partial charge is 0.244 e. The van der Waals surface area contributed by atoms with E-state index in [9.17, 15) is 5.26 Å². The molecule has 6 heteroatoms. The van der Waals surface area contributed by atoms with Crippen molar-refractivity contribution in [1.29, 1.82) is 5.26 Å². The zero-order chi connectivity index (χ0) is 18.5. The van der Waals surface area contributed by atoms with E-state index in [0.717, 1.165) is 48.3 Å². The Bertz CT molecular complexity index is 830. The van der Waals surface area contributed by atoms with Gasteiger partial charge in [0.1, 0.15) is 17.4 Å². The fourth-order valence-corrected chi connectivity index (χ4v) is 3.17. The molecular weight excluding hydrogens is 328 g/mol. The Morgan fingerprint density at radius 1 is 1.27 bits per heavy atom. The predicted molar refractivity (Wildman–Crippen MR) is 98.7 cm³/mol. The van der Waals surface area contributed by atoms with E-state index in [1.807, 2.05) is 24.3 Å². The average molecular weight is 352 g/mol. The molecule has 0 fully saturated rings. The summed E-state index contributed by atoms with van der Waals surface area (Å²) in [4.78, 5) is 0. The van der Waals surface area contributed by atoms with Crippen LogP contribution in [0.3, 0.4) is 0 Å². The van der Waals surface area contributed by atoms with Crippen molar-refractivity contribution in [2.24, 2.45) is 5.73 Å². The highest BCUT2D eigenvalue weighted by atomic mass is 16.5. The van der Waals surface area contributed by atoms with Gasteiger partial charge in [-0.05, 0) is 30.5 Å². The molecule has 2 aromatic rings. The summed E-state index contributed by atoms with van der Waals surface area (Å²) in [5.41, 5.74) is 9.25. The van der Waals surface area contributed by atoms with Gasteiger partial charge in [-0.1, -0.05) is 38.8 Å². The Balaban J connectivity index is 1.97. The number of fused-ring (bicyclic) bond motifs is 1. The molecule has 0 amide bonds. The third-order valence-electron chi connectivity index (χ3n) is 4.50. The lowest BCUT2D eigenvalue weighted by molar-refractivity contribution is 0.309. The first-order valence-corrected chi connectivity index (χ1v) is 9.07. The number of rotatable bonds is 7. The van der Waals surface area contributed by atoms with Crippen molar-refractivity contribution < 1.29 is 9.47 Å². The van der Waals surface area contributed by atoms with Crippen molar-refractivity contribution in [2.45, 2.75) is 45.4 Å². The van der Waals surface area contributed by atoms with Crippen LogP contribution in [-0.2, 0) is 6.42 Å². The number of hydrogen-bond donors (Lipinski definition) is 2. The Labute approximate surface area is 153 Å². The number of ether oxygens (including phenoxy) is 2. The highest BCUT2D eigenvalue weighted by molar-refractivity contribution is 5.55. The summed E-state index contributed by atoms with van der Waals surface area (Å²) in [6, 6.07) is 10.0. The predicted octanol–water partition coefficient (Wildman–Crippen LogP) is 3.76. The molecule has 136 valence electrons. The second-order valence-electron chi connectivity index (χ2n) is 6.37. The molecule has 2 heterocycles. The number of unbranched alkanes of at least 4 members (excludes halogenated alkanes) is 1. The minimum atomic E-state index is -0.284. The Morgan fingerprint density at radius 3 is 2.69 bits per heavy atom. The van der Waals surface area contributed by atoms with Gasteiger partial charge in [-0.2, -0.15) is 5.26 Å². The molecule has 0 saturated carbocycles. The number of nitrogens with two attached hydrogens (primary N) is 1. The van der Waals surface area contributed by atoms with Gasteiger partial charge >= 0.3 is 0 Å². The Kier molecular flexibility index (Phi) is 5.47. The largest absolute Gasteiger partial charge is 0.494 e. The molecule has 3 rings (SSSR count). The zero-order valence-corrected chi connectivity index (χ0v) is 15.2.